The van der Waals surface area contributed by atoms with Crippen LogP contribution < -0.4 is 0 Å². The third-order valence-corrected chi connectivity index (χ3v) is 4.37. The second kappa shape index (κ2) is 5.45. The molecule has 0 spiro atoms. The Morgan fingerprint density at radius 3 is 2.18 bits per heavy atom. The van der Waals surface area contributed by atoms with Crippen LogP contribution in [0.25, 0.3) is 22.5 Å². The molecule has 0 N–H and O–H groups in total. The van der Waals surface area contributed by atoms with Gasteiger partial charge in [-0.3, -0.25) is 4.98 Å². The lowest BCUT2D eigenvalue weighted by atomic mass is 9.92. The lowest BCUT2D eigenvalue weighted by molar-refractivity contribution is 0.886. The maximum absolute atomic E-state index is 4.68. The molecule has 0 atom stereocenters. The molecule has 0 amide bonds. The van der Waals surface area contributed by atoms with Crippen LogP contribution in [0.4, 0.5) is 0 Å². The van der Waals surface area contributed by atoms with Crippen LogP contribution in [-0.4, -0.2) is 9.55 Å². The first-order valence-corrected chi connectivity index (χ1v) is 7.65. The number of benzene rings is 1. The van der Waals surface area contributed by atoms with Gasteiger partial charge in [0.15, 0.2) is 0 Å². The third kappa shape index (κ3) is 2.35. The molecule has 2 heterocycles. The van der Waals surface area contributed by atoms with E-state index in [2.05, 4.69) is 74.6 Å². The van der Waals surface area contributed by atoms with Crippen LogP contribution >= 0.6 is 0 Å². The van der Waals surface area contributed by atoms with E-state index < -0.39 is 0 Å². The van der Waals surface area contributed by atoms with E-state index in [0.717, 1.165) is 11.4 Å². The van der Waals surface area contributed by atoms with Crippen molar-refractivity contribution in [3.63, 3.8) is 0 Å². The quantitative estimate of drug-likeness (QED) is 0.650. The molecule has 0 bridgehead atoms. The van der Waals surface area contributed by atoms with Gasteiger partial charge in [0.05, 0.1) is 11.4 Å². The van der Waals surface area contributed by atoms with Crippen molar-refractivity contribution in [1.82, 2.24) is 9.55 Å². The van der Waals surface area contributed by atoms with Gasteiger partial charge in [-0.25, -0.2) is 0 Å². The van der Waals surface area contributed by atoms with Gasteiger partial charge >= 0.3 is 0 Å². The molecule has 0 aliphatic heterocycles. The fourth-order valence-corrected chi connectivity index (χ4v) is 3.27. The normalized spacial score (nSPS) is 11.0. The van der Waals surface area contributed by atoms with Crippen molar-refractivity contribution in [2.24, 2.45) is 7.05 Å². The van der Waals surface area contributed by atoms with Crippen molar-refractivity contribution < 1.29 is 0 Å². The highest BCUT2D eigenvalue weighted by atomic mass is 15.0. The van der Waals surface area contributed by atoms with Crippen LogP contribution in [0.1, 0.15) is 22.4 Å². The van der Waals surface area contributed by atoms with Gasteiger partial charge < -0.3 is 4.57 Å². The van der Waals surface area contributed by atoms with Crippen LogP contribution in [-0.2, 0) is 7.05 Å². The summed E-state index contributed by atoms with van der Waals surface area (Å²) in [5, 5.41) is 0. The highest BCUT2D eigenvalue weighted by Gasteiger charge is 2.15. The zero-order valence-electron chi connectivity index (χ0n) is 13.9. The van der Waals surface area contributed by atoms with Gasteiger partial charge in [0.2, 0.25) is 0 Å². The molecule has 2 aromatic heterocycles. The van der Waals surface area contributed by atoms with Crippen LogP contribution in [0.5, 0.6) is 0 Å². The second-order valence-corrected chi connectivity index (χ2v) is 6.09. The molecule has 0 aliphatic carbocycles. The molecule has 3 rings (SSSR count). The van der Waals surface area contributed by atoms with E-state index in [0.29, 0.717) is 0 Å². The summed E-state index contributed by atoms with van der Waals surface area (Å²) in [5.74, 6) is 0. The molecule has 0 fully saturated rings. The average Bonchev–Trinajstić information content (AvgIpc) is 2.78. The minimum atomic E-state index is 1.05. The first-order chi connectivity index (χ1) is 10.5. The summed E-state index contributed by atoms with van der Waals surface area (Å²) < 4.78 is 2.20. The van der Waals surface area contributed by atoms with Crippen molar-refractivity contribution >= 4 is 0 Å². The molecule has 1 aromatic carbocycles. The molecule has 2 nitrogen and oxygen atoms in total. The number of pyridine rings is 1. The standard InChI is InChI=1S/C20H22N2/c1-13-11-14(2)19(15(3)12-13)17-7-6-10-21-20(17)18-9-8-16(4)22(18)5/h6-12H,1-5H3. The molecular weight excluding hydrogens is 268 g/mol. The number of aryl methyl sites for hydroxylation is 4. The average molecular weight is 290 g/mol. The SMILES string of the molecule is Cc1cc(C)c(-c2cccnc2-c2ccc(C)n2C)c(C)c1. The van der Waals surface area contributed by atoms with Gasteiger partial charge in [0.1, 0.15) is 0 Å². The number of aromatic nitrogens is 2. The fraction of sp³-hybridized carbons (Fsp3) is 0.250. The van der Waals surface area contributed by atoms with Gasteiger partial charge in [0, 0.05) is 24.5 Å². The minimum absolute atomic E-state index is 1.05. The summed E-state index contributed by atoms with van der Waals surface area (Å²) in [6.45, 7) is 8.63. The summed E-state index contributed by atoms with van der Waals surface area (Å²) in [6, 6.07) is 13.0. The van der Waals surface area contributed by atoms with Crippen LogP contribution in [0.2, 0.25) is 0 Å². The minimum Gasteiger partial charge on any atom is -0.347 e. The summed E-state index contributed by atoms with van der Waals surface area (Å²) in [5.41, 5.74) is 9.87. The summed E-state index contributed by atoms with van der Waals surface area (Å²) >= 11 is 0. The molecule has 22 heavy (non-hydrogen) atoms. The first kappa shape index (κ1) is 14.6. The number of hydrogen-bond acceptors (Lipinski definition) is 1. The predicted octanol–water partition coefficient (Wildman–Crippen LogP) is 4.99. The van der Waals surface area contributed by atoms with Crippen LogP contribution in [0.15, 0.2) is 42.6 Å². The van der Waals surface area contributed by atoms with Crippen molar-refractivity contribution in [2.45, 2.75) is 27.7 Å². The second-order valence-electron chi connectivity index (χ2n) is 6.09. The fourth-order valence-electron chi connectivity index (χ4n) is 3.27. The van der Waals surface area contributed by atoms with Crippen LogP contribution in [0.3, 0.4) is 0 Å². The highest BCUT2D eigenvalue weighted by Crippen LogP contribution is 2.35. The molecule has 0 radical (unpaired) electrons. The molecule has 112 valence electrons. The van der Waals surface area contributed by atoms with E-state index in [1.54, 1.807) is 0 Å². The molecule has 3 aromatic rings. The Hall–Kier alpha value is -2.35. The van der Waals surface area contributed by atoms with Crippen molar-refractivity contribution in [1.29, 1.82) is 0 Å². The van der Waals surface area contributed by atoms with Crippen molar-refractivity contribution in [3.8, 4) is 22.5 Å². The Morgan fingerprint density at radius 2 is 1.59 bits per heavy atom. The van der Waals surface area contributed by atoms with Gasteiger partial charge in [-0.05, 0) is 62.6 Å². The largest absolute Gasteiger partial charge is 0.347 e. The van der Waals surface area contributed by atoms with E-state index in [1.165, 1.54) is 33.5 Å². The van der Waals surface area contributed by atoms with E-state index in [1.807, 2.05) is 12.3 Å². The maximum atomic E-state index is 4.68. The van der Waals surface area contributed by atoms with Gasteiger partial charge in [-0.15, -0.1) is 0 Å². The Kier molecular flexibility index (Phi) is 3.61. The predicted molar refractivity (Wildman–Crippen MR) is 93.0 cm³/mol. The van der Waals surface area contributed by atoms with Gasteiger partial charge in [-0.1, -0.05) is 23.8 Å². The molecule has 0 saturated carbocycles. The monoisotopic (exact) mass is 290 g/mol. The molecule has 0 aliphatic rings. The molecule has 0 saturated heterocycles. The highest BCUT2D eigenvalue weighted by molar-refractivity contribution is 5.83. The third-order valence-electron chi connectivity index (χ3n) is 4.37. The summed E-state index contributed by atoms with van der Waals surface area (Å²) in [7, 11) is 2.10. The van der Waals surface area contributed by atoms with E-state index in [9.17, 15) is 0 Å². The zero-order chi connectivity index (χ0) is 15.9. The van der Waals surface area contributed by atoms with Gasteiger partial charge in [0.25, 0.3) is 0 Å². The van der Waals surface area contributed by atoms with Crippen LogP contribution in [0, 0.1) is 27.7 Å². The molecule has 0 unspecified atom stereocenters. The Labute approximate surface area is 132 Å². The molecular formula is C20H22N2. The van der Waals surface area contributed by atoms with E-state index >= 15 is 0 Å². The van der Waals surface area contributed by atoms with Crippen molar-refractivity contribution in [3.05, 3.63) is 65.0 Å². The first-order valence-electron chi connectivity index (χ1n) is 7.65. The summed E-state index contributed by atoms with van der Waals surface area (Å²) in [4.78, 5) is 4.68. The Bertz CT molecular complexity index is 818. The lowest BCUT2D eigenvalue weighted by Crippen LogP contribution is -1.99. The molecule has 2 heteroatoms. The van der Waals surface area contributed by atoms with Gasteiger partial charge in [-0.2, -0.15) is 0 Å². The smallest absolute Gasteiger partial charge is 0.0944 e. The zero-order valence-corrected chi connectivity index (χ0v) is 13.9. The number of rotatable bonds is 2. The maximum Gasteiger partial charge on any atom is 0.0944 e. The van der Waals surface area contributed by atoms with E-state index in [-0.39, 0.29) is 0 Å². The lowest BCUT2D eigenvalue weighted by Gasteiger charge is -2.15. The number of hydrogen-bond donors (Lipinski definition) is 0. The Balaban J connectivity index is 2.28. The topological polar surface area (TPSA) is 17.8 Å². The van der Waals surface area contributed by atoms with Crippen molar-refractivity contribution in [2.75, 3.05) is 0 Å². The summed E-state index contributed by atoms with van der Waals surface area (Å²) in [6.07, 6.45) is 1.88. The van der Waals surface area contributed by atoms with E-state index in [4.69, 9.17) is 0 Å². The Morgan fingerprint density at radius 1 is 0.909 bits per heavy atom. The number of nitrogens with zero attached hydrogens (tertiary/aromatic N) is 2.